The van der Waals surface area contributed by atoms with Crippen molar-refractivity contribution in [1.29, 1.82) is 0 Å². The van der Waals surface area contributed by atoms with Crippen LogP contribution in [-0.4, -0.2) is 37.0 Å². The van der Waals surface area contributed by atoms with Crippen molar-refractivity contribution in [2.24, 2.45) is 5.92 Å². The van der Waals surface area contributed by atoms with E-state index in [0.717, 1.165) is 16.5 Å². The summed E-state index contributed by atoms with van der Waals surface area (Å²) in [4.78, 5) is 25.9. The van der Waals surface area contributed by atoms with Crippen LogP contribution in [0.4, 0.5) is 0 Å². The van der Waals surface area contributed by atoms with Crippen LogP contribution in [0.1, 0.15) is 31.2 Å². The van der Waals surface area contributed by atoms with Gasteiger partial charge in [0, 0.05) is 29.9 Å². The van der Waals surface area contributed by atoms with Gasteiger partial charge in [-0.15, -0.1) is 0 Å². The number of hydrogen-bond acceptors (Lipinski definition) is 3. The van der Waals surface area contributed by atoms with E-state index in [4.69, 9.17) is 4.74 Å². The van der Waals surface area contributed by atoms with Gasteiger partial charge in [0.25, 0.3) is 0 Å². The van der Waals surface area contributed by atoms with Gasteiger partial charge in [-0.05, 0) is 24.1 Å². The minimum absolute atomic E-state index is 0.00589. The maximum atomic E-state index is 12.1. The first-order valence-corrected chi connectivity index (χ1v) is 7.97. The van der Waals surface area contributed by atoms with Crippen LogP contribution >= 0.6 is 15.9 Å². The van der Waals surface area contributed by atoms with Crippen molar-refractivity contribution < 1.29 is 14.3 Å². The summed E-state index contributed by atoms with van der Waals surface area (Å²) in [6, 6.07) is 7.91. The predicted molar refractivity (Wildman–Crippen MR) is 83.9 cm³/mol. The number of hydrogen-bond donors (Lipinski definition) is 0. The van der Waals surface area contributed by atoms with Gasteiger partial charge < -0.3 is 9.64 Å². The molecule has 0 spiro atoms. The SMILES string of the molecule is CCCC(=O)N1C[C@H](C(=O)OC)[C@@H](c2ccc(Br)cc2)C1. The first-order valence-electron chi connectivity index (χ1n) is 7.17. The van der Waals surface area contributed by atoms with Crippen LogP contribution < -0.4 is 0 Å². The van der Waals surface area contributed by atoms with Crippen molar-refractivity contribution in [3.05, 3.63) is 34.3 Å². The fourth-order valence-corrected chi connectivity index (χ4v) is 3.08. The van der Waals surface area contributed by atoms with Crippen LogP contribution in [0.5, 0.6) is 0 Å². The molecule has 5 heteroatoms. The molecule has 1 aromatic rings. The number of amides is 1. The number of methoxy groups -OCH3 is 1. The zero-order chi connectivity index (χ0) is 15.4. The molecule has 4 nitrogen and oxygen atoms in total. The highest BCUT2D eigenvalue weighted by Crippen LogP contribution is 2.34. The zero-order valence-electron chi connectivity index (χ0n) is 12.3. The number of carbonyl (C=O) groups excluding carboxylic acids is 2. The van der Waals surface area contributed by atoms with Gasteiger partial charge in [-0.25, -0.2) is 0 Å². The third-order valence-electron chi connectivity index (χ3n) is 3.94. The van der Waals surface area contributed by atoms with E-state index in [9.17, 15) is 9.59 Å². The molecule has 0 bridgehead atoms. The monoisotopic (exact) mass is 353 g/mol. The summed E-state index contributed by atoms with van der Waals surface area (Å²) >= 11 is 3.41. The van der Waals surface area contributed by atoms with E-state index in [0.29, 0.717) is 19.5 Å². The van der Waals surface area contributed by atoms with E-state index in [1.807, 2.05) is 31.2 Å². The summed E-state index contributed by atoms with van der Waals surface area (Å²) in [5.41, 5.74) is 1.07. The number of halogens is 1. The summed E-state index contributed by atoms with van der Waals surface area (Å²) in [5, 5.41) is 0. The molecule has 0 aromatic heterocycles. The Morgan fingerprint density at radius 1 is 1.29 bits per heavy atom. The molecule has 0 unspecified atom stereocenters. The lowest BCUT2D eigenvalue weighted by atomic mass is 9.89. The first kappa shape index (κ1) is 16.0. The highest BCUT2D eigenvalue weighted by Gasteiger charge is 2.40. The molecule has 0 radical (unpaired) electrons. The maximum Gasteiger partial charge on any atom is 0.311 e. The highest BCUT2D eigenvalue weighted by atomic mass is 79.9. The van der Waals surface area contributed by atoms with Crippen molar-refractivity contribution in [3.63, 3.8) is 0 Å². The van der Waals surface area contributed by atoms with Crippen molar-refractivity contribution in [2.75, 3.05) is 20.2 Å². The van der Waals surface area contributed by atoms with Crippen LogP contribution in [-0.2, 0) is 14.3 Å². The molecular weight excluding hydrogens is 334 g/mol. The molecule has 1 aliphatic rings. The largest absolute Gasteiger partial charge is 0.469 e. The van der Waals surface area contributed by atoms with E-state index in [1.54, 1.807) is 4.90 Å². The van der Waals surface area contributed by atoms with Gasteiger partial charge in [-0.2, -0.15) is 0 Å². The normalized spacial score (nSPS) is 21.4. The maximum absolute atomic E-state index is 12.1. The van der Waals surface area contributed by atoms with E-state index >= 15 is 0 Å². The summed E-state index contributed by atoms with van der Waals surface area (Å²) in [6.45, 7) is 3.02. The summed E-state index contributed by atoms with van der Waals surface area (Å²) in [7, 11) is 1.40. The molecule has 1 heterocycles. The summed E-state index contributed by atoms with van der Waals surface area (Å²) < 4.78 is 5.91. The molecule has 1 aromatic carbocycles. The third-order valence-corrected chi connectivity index (χ3v) is 4.47. The Bertz CT molecular complexity index is 515. The number of carbonyl (C=O) groups is 2. The molecular formula is C16H20BrNO3. The fraction of sp³-hybridized carbons (Fsp3) is 0.500. The predicted octanol–water partition coefficient (Wildman–Crippen LogP) is 2.96. The van der Waals surface area contributed by atoms with E-state index in [-0.39, 0.29) is 23.7 Å². The van der Waals surface area contributed by atoms with Gasteiger partial charge in [0.1, 0.15) is 0 Å². The van der Waals surface area contributed by atoms with E-state index in [1.165, 1.54) is 7.11 Å². The Morgan fingerprint density at radius 3 is 2.52 bits per heavy atom. The Labute approximate surface area is 133 Å². The molecule has 1 saturated heterocycles. The van der Waals surface area contributed by atoms with Gasteiger partial charge in [-0.1, -0.05) is 35.0 Å². The molecule has 1 fully saturated rings. The highest BCUT2D eigenvalue weighted by molar-refractivity contribution is 9.10. The summed E-state index contributed by atoms with van der Waals surface area (Å²) in [6.07, 6.45) is 1.35. The first-order chi connectivity index (χ1) is 10.1. The Balaban J connectivity index is 2.21. The topological polar surface area (TPSA) is 46.6 Å². The van der Waals surface area contributed by atoms with E-state index in [2.05, 4.69) is 15.9 Å². The fourth-order valence-electron chi connectivity index (χ4n) is 2.82. The van der Waals surface area contributed by atoms with E-state index < -0.39 is 0 Å². The Hall–Kier alpha value is -1.36. The van der Waals surface area contributed by atoms with Crippen molar-refractivity contribution in [3.8, 4) is 0 Å². The second kappa shape index (κ2) is 7.07. The van der Waals surface area contributed by atoms with Crippen LogP contribution in [0.2, 0.25) is 0 Å². The van der Waals surface area contributed by atoms with Gasteiger partial charge in [0.2, 0.25) is 5.91 Å². The zero-order valence-corrected chi connectivity index (χ0v) is 13.9. The minimum atomic E-state index is -0.281. The number of ether oxygens (including phenoxy) is 1. The molecule has 1 aliphatic heterocycles. The number of likely N-dealkylation sites (tertiary alicyclic amines) is 1. The van der Waals surface area contributed by atoms with Gasteiger partial charge >= 0.3 is 5.97 Å². The van der Waals surface area contributed by atoms with Crippen molar-refractivity contribution >= 4 is 27.8 Å². The molecule has 0 aliphatic carbocycles. The molecule has 2 rings (SSSR count). The molecule has 114 valence electrons. The average molecular weight is 354 g/mol. The van der Waals surface area contributed by atoms with Crippen LogP contribution in [0.3, 0.4) is 0 Å². The molecule has 2 atom stereocenters. The average Bonchev–Trinajstić information content (AvgIpc) is 2.92. The molecule has 1 amide bonds. The van der Waals surface area contributed by atoms with Crippen molar-refractivity contribution in [1.82, 2.24) is 4.90 Å². The number of nitrogens with zero attached hydrogens (tertiary/aromatic N) is 1. The quantitative estimate of drug-likeness (QED) is 0.781. The Kier molecular flexibility index (Phi) is 5.39. The third kappa shape index (κ3) is 3.64. The van der Waals surface area contributed by atoms with Gasteiger partial charge in [0.05, 0.1) is 13.0 Å². The van der Waals surface area contributed by atoms with Crippen LogP contribution in [0, 0.1) is 5.92 Å². The molecule has 0 N–H and O–H groups in total. The minimum Gasteiger partial charge on any atom is -0.469 e. The number of benzene rings is 1. The van der Waals surface area contributed by atoms with Gasteiger partial charge in [-0.3, -0.25) is 9.59 Å². The van der Waals surface area contributed by atoms with Crippen molar-refractivity contribution in [2.45, 2.75) is 25.7 Å². The van der Waals surface area contributed by atoms with Crippen LogP contribution in [0.25, 0.3) is 0 Å². The van der Waals surface area contributed by atoms with Crippen LogP contribution in [0.15, 0.2) is 28.7 Å². The standard InChI is InChI=1S/C16H20BrNO3/c1-3-4-15(19)18-9-13(14(10-18)16(20)21-2)11-5-7-12(17)8-6-11/h5-8,13-14H,3-4,9-10H2,1-2H3/t13-,14+/m1/s1. The Morgan fingerprint density at radius 2 is 1.95 bits per heavy atom. The second-order valence-corrected chi connectivity index (χ2v) is 6.25. The molecule has 21 heavy (non-hydrogen) atoms. The second-order valence-electron chi connectivity index (χ2n) is 5.34. The number of esters is 1. The lowest BCUT2D eigenvalue weighted by Crippen LogP contribution is -2.29. The lowest BCUT2D eigenvalue weighted by molar-refractivity contribution is -0.145. The summed E-state index contributed by atoms with van der Waals surface area (Å²) in [5.74, 6) is -0.399. The van der Waals surface area contributed by atoms with Gasteiger partial charge in [0.15, 0.2) is 0 Å². The lowest BCUT2D eigenvalue weighted by Gasteiger charge is -2.16. The smallest absolute Gasteiger partial charge is 0.311 e. The number of rotatable bonds is 4. The molecule has 0 saturated carbocycles.